The molecule has 2 aromatic carbocycles. The second kappa shape index (κ2) is 6.52. The number of hydrogen-bond acceptors (Lipinski definition) is 5. The molecule has 1 saturated carbocycles. The van der Waals surface area contributed by atoms with Crippen molar-refractivity contribution >= 4 is 49.6 Å². The molecule has 1 aliphatic carbocycles. The molecular weight excluding hydrogens is 492 g/mol. The maximum atomic E-state index is 13.5. The summed E-state index contributed by atoms with van der Waals surface area (Å²) in [5.41, 5.74) is -1.90. The van der Waals surface area contributed by atoms with Crippen molar-refractivity contribution in [1.29, 1.82) is 0 Å². The summed E-state index contributed by atoms with van der Waals surface area (Å²) < 4.78 is 12.3. The first-order valence-corrected chi connectivity index (χ1v) is 10.4. The molecule has 1 fully saturated rings. The van der Waals surface area contributed by atoms with Crippen molar-refractivity contribution in [2.45, 2.75) is 19.8 Å². The zero-order valence-electron chi connectivity index (χ0n) is 15.1. The molecule has 5 nitrogen and oxygen atoms in total. The van der Waals surface area contributed by atoms with Gasteiger partial charge in [0, 0.05) is 26.0 Å². The average Bonchev–Trinajstić information content (AvgIpc) is 3.26. The van der Waals surface area contributed by atoms with Crippen LogP contribution in [0.25, 0.3) is 0 Å². The smallest absolute Gasteiger partial charge is 0.330 e. The van der Waals surface area contributed by atoms with Crippen LogP contribution in [0, 0.1) is 10.8 Å². The number of Topliss-reactive ketones (excluding diaryl/α,β-unsaturated/α-hetero) is 1. The van der Waals surface area contributed by atoms with Crippen molar-refractivity contribution in [1.82, 2.24) is 0 Å². The molecule has 0 radical (unpaired) electrons. The van der Waals surface area contributed by atoms with Gasteiger partial charge in [-0.05, 0) is 44.2 Å². The summed E-state index contributed by atoms with van der Waals surface area (Å²) in [5, 5.41) is 0. The van der Waals surface area contributed by atoms with Crippen molar-refractivity contribution in [3.8, 4) is 5.75 Å². The molecule has 144 valence electrons. The fourth-order valence-corrected chi connectivity index (χ4v) is 5.02. The van der Waals surface area contributed by atoms with Crippen LogP contribution in [-0.4, -0.2) is 24.3 Å². The van der Waals surface area contributed by atoms with Crippen LogP contribution in [0.1, 0.15) is 35.7 Å². The molecule has 0 bridgehead atoms. The third-order valence-corrected chi connectivity index (χ3v) is 6.75. The van der Waals surface area contributed by atoms with Gasteiger partial charge in [0.2, 0.25) is 0 Å². The van der Waals surface area contributed by atoms with Gasteiger partial charge in [-0.1, -0.05) is 44.0 Å². The second-order valence-corrected chi connectivity index (χ2v) is 8.90. The van der Waals surface area contributed by atoms with E-state index in [4.69, 9.17) is 9.47 Å². The Bertz CT molecular complexity index is 1020. The highest BCUT2D eigenvalue weighted by Gasteiger charge is 2.89. The van der Waals surface area contributed by atoms with Crippen LogP contribution >= 0.6 is 31.9 Å². The molecule has 0 saturated heterocycles. The lowest BCUT2D eigenvalue weighted by Gasteiger charge is -2.22. The van der Waals surface area contributed by atoms with E-state index < -0.39 is 28.7 Å². The Morgan fingerprint density at radius 3 is 2.39 bits per heavy atom. The minimum Gasteiger partial charge on any atom is -0.465 e. The van der Waals surface area contributed by atoms with Gasteiger partial charge in [-0.3, -0.25) is 14.4 Å². The van der Waals surface area contributed by atoms with Crippen LogP contribution in [0.15, 0.2) is 51.4 Å². The number of esters is 2. The molecular formula is C21H16Br2O5. The van der Waals surface area contributed by atoms with E-state index in [1.165, 1.54) is 0 Å². The molecule has 2 aromatic rings. The maximum Gasteiger partial charge on any atom is 0.330 e. The SMILES string of the molecule is CCOC(=O)C12C(=O)Oc3ccc(Br)cc3C1C2(C)C(=O)c1ccc(Br)cc1. The first-order chi connectivity index (χ1) is 13.3. The van der Waals surface area contributed by atoms with E-state index in [-0.39, 0.29) is 12.4 Å². The first-order valence-electron chi connectivity index (χ1n) is 8.77. The number of ether oxygens (including phenoxy) is 2. The number of fused-ring (bicyclic) bond motifs is 3. The Morgan fingerprint density at radius 1 is 1.11 bits per heavy atom. The summed E-state index contributed by atoms with van der Waals surface area (Å²) in [6.45, 7) is 3.42. The predicted octanol–water partition coefficient (Wildman–Crippen LogP) is 4.67. The molecule has 0 amide bonds. The standard InChI is InChI=1S/C21H16Br2O5/c1-3-27-18(25)21-16(14-10-13(23)8-9-15(14)28-19(21)26)20(21,2)17(24)11-4-6-12(22)7-5-11/h4-10,16H,3H2,1-2H3. The topological polar surface area (TPSA) is 69.7 Å². The molecule has 0 N–H and O–H groups in total. The summed E-state index contributed by atoms with van der Waals surface area (Å²) in [6, 6.07) is 12.1. The molecule has 3 atom stereocenters. The number of carbonyl (C=O) groups is 3. The third kappa shape index (κ3) is 2.38. The van der Waals surface area contributed by atoms with E-state index in [0.717, 1.165) is 8.95 Å². The number of halogens is 2. The highest BCUT2D eigenvalue weighted by molar-refractivity contribution is 9.10. The Hall–Kier alpha value is -1.99. The largest absolute Gasteiger partial charge is 0.465 e. The normalized spacial score (nSPS) is 27.3. The van der Waals surface area contributed by atoms with E-state index >= 15 is 0 Å². The van der Waals surface area contributed by atoms with Crippen LogP contribution in [-0.2, 0) is 14.3 Å². The molecule has 1 aliphatic heterocycles. The summed E-state index contributed by atoms with van der Waals surface area (Å²) in [7, 11) is 0. The van der Waals surface area contributed by atoms with Crippen molar-refractivity contribution in [3.63, 3.8) is 0 Å². The number of benzene rings is 2. The first kappa shape index (κ1) is 19.3. The fraction of sp³-hybridized carbons (Fsp3) is 0.286. The van der Waals surface area contributed by atoms with Crippen molar-refractivity contribution in [2.75, 3.05) is 6.61 Å². The van der Waals surface area contributed by atoms with Crippen molar-refractivity contribution in [3.05, 3.63) is 62.5 Å². The van der Waals surface area contributed by atoms with E-state index in [0.29, 0.717) is 16.9 Å². The van der Waals surface area contributed by atoms with Crippen molar-refractivity contribution < 1.29 is 23.9 Å². The van der Waals surface area contributed by atoms with Gasteiger partial charge in [0.1, 0.15) is 5.75 Å². The molecule has 0 aromatic heterocycles. The lowest BCUT2D eigenvalue weighted by molar-refractivity contribution is -0.162. The van der Waals surface area contributed by atoms with Crippen LogP contribution in [0.2, 0.25) is 0 Å². The van der Waals surface area contributed by atoms with E-state index in [1.807, 2.05) is 0 Å². The molecule has 3 unspecified atom stereocenters. The second-order valence-electron chi connectivity index (χ2n) is 7.07. The van der Waals surface area contributed by atoms with E-state index in [2.05, 4.69) is 31.9 Å². The van der Waals surface area contributed by atoms with E-state index in [9.17, 15) is 14.4 Å². The van der Waals surface area contributed by atoms with Gasteiger partial charge in [0.25, 0.3) is 0 Å². The lowest BCUT2D eigenvalue weighted by atomic mass is 9.87. The summed E-state index contributed by atoms with van der Waals surface area (Å²) >= 11 is 6.77. The number of rotatable bonds is 4. The highest BCUT2D eigenvalue weighted by atomic mass is 79.9. The maximum absolute atomic E-state index is 13.5. The van der Waals surface area contributed by atoms with Crippen LogP contribution < -0.4 is 4.74 Å². The van der Waals surface area contributed by atoms with Gasteiger partial charge in [-0.15, -0.1) is 0 Å². The van der Waals surface area contributed by atoms with Gasteiger partial charge >= 0.3 is 11.9 Å². The predicted molar refractivity (Wildman–Crippen MR) is 108 cm³/mol. The Morgan fingerprint density at radius 2 is 1.75 bits per heavy atom. The molecule has 0 spiro atoms. The zero-order valence-corrected chi connectivity index (χ0v) is 18.3. The fourth-order valence-electron chi connectivity index (χ4n) is 4.38. The van der Waals surface area contributed by atoms with Gasteiger partial charge < -0.3 is 9.47 Å². The van der Waals surface area contributed by atoms with Gasteiger partial charge in [-0.25, -0.2) is 0 Å². The number of carbonyl (C=O) groups excluding carboxylic acids is 3. The monoisotopic (exact) mass is 506 g/mol. The number of ketones is 1. The van der Waals surface area contributed by atoms with Crippen LogP contribution in [0.4, 0.5) is 0 Å². The molecule has 1 heterocycles. The molecule has 28 heavy (non-hydrogen) atoms. The average molecular weight is 508 g/mol. The molecule has 7 heteroatoms. The van der Waals surface area contributed by atoms with Gasteiger partial charge in [0.05, 0.1) is 12.0 Å². The van der Waals surface area contributed by atoms with Gasteiger partial charge in [-0.2, -0.15) is 0 Å². The number of hydrogen-bond donors (Lipinski definition) is 0. The highest BCUT2D eigenvalue weighted by Crippen LogP contribution is 2.78. The summed E-state index contributed by atoms with van der Waals surface area (Å²) in [6.07, 6.45) is 0. The van der Waals surface area contributed by atoms with Gasteiger partial charge in [0.15, 0.2) is 11.2 Å². The van der Waals surface area contributed by atoms with E-state index in [1.54, 1.807) is 56.3 Å². The third-order valence-electron chi connectivity index (χ3n) is 5.73. The summed E-state index contributed by atoms with van der Waals surface area (Å²) in [5.74, 6) is -2.03. The van der Waals surface area contributed by atoms with Crippen LogP contribution in [0.5, 0.6) is 5.75 Å². The quantitative estimate of drug-likeness (QED) is 0.260. The molecule has 2 aliphatic rings. The minimum atomic E-state index is -1.68. The minimum absolute atomic E-state index is 0.106. The zero-order chi connectivity index (χ0) is 20.3. The lowest BCUT2D eigenvalue weighted by Crippen LogP contribution is -2.40. The summed E-state index contributed by atoms with van der Waals surface area (Å²) in [4.78, 5) is 39.5. The Balaban J connectivity index is 1.90. The Labute approximate surface area is 178 Å². The van der Waals surface area contributed by atoms with Crippen molar-refractivity contribution in [2.24, 2.45) is 10.8 Å². The van der Waals surface area contributed by atoms with Crippen LogP contribution in [0.3, 0.4) is 0 Å². The molecule has 4 rings (SSSR count). The Kier molecular flexibility index (Phi) is 4.50.